The fraction of sp³-hybridized carbons (Fsp3) is 0.407. The third kappa shape index (κ3) is 3.83. The number of anilines is 1. The summed E-state index contributed by atoms with van der Waals surface area (Å²) in [7, 11) is 0. The molecule has 2 aliphatic heterocycles. The zero-order valence-electron chi connectivity index (χ0n) is 20.3. The van der Waals surface area contributed by atoms with Gasteiger partial charge in [0.05, 0.1) is 35.2 Å². The number of rotatable bonds is 5. The zero-order chi connectivity index (χ0) is 25.8. The van der Waals surface area contributed by atoms with E-state index in [4.69, 9.17) is 20.8 Å². The standard InChI is InChI=1S/C27H26ClN3O5/c1-14-10-17(16(3)30-19-4-5-20(28)31-21(19)25(33)34)23-18(11-14)22(32)15(2)24(36-23)27-8-6-26(12-29,7-9-27)13-35-27/h4-5,10-11,16,30H,6-9,13H2,1-3H3,(H,33,34)/t16-,26?,27?/m1/s1. The SMILES string of the molecule is Cc1cc([C@@H](C)Nc2ccc(Cl)nc2C(=O)O)c2oc(C34CCC(C#N)(CC3)CO4)c(C)c(=O)c2c1. The fourth-order valence-electron chi connectivity index (χ4n) is 5.48. The molecule has 186 valence electrons. The second-order valence-corrected chi connectivity index (χ2v) is 10.4. The minimum absolute atomic E-state index is 0.0809. The molecule has 2 bridgehead atoms. The van der Waals surface area contributed by atoms with E-state index in [2.05, 4.69) is 16.4 Å². The first kappa shape index (κ1) is 24.3. The summed E-state index contributed by atoms with van der Waals surface area (Å²) >= 11 is 5.90. The molecule has 2 N–H and O–H groups in total. The summed E-state index contributed by atoms with van der Waals surface area (Å²) in [4.78, 5) is 29.2. The summed E-state index contributed by atoms with van der Waals surface area (Å²) in [5, 5.41) is 22.9. The van der Waals surface area contributed by atoms with Crippen molar-refractivity contribution in [2.24, 2.45) is 5.41 Å². The Morgan fingerprint density at radius 3 is 2.58 bits per heavy atom. The van der Waals surface area contributed by atoms with E-state index in [-0.39, 0.29) is 16.3 Å². The van der Waals surface area contributed by atoms with Crippen LogP contribution >= 0.6 is 11.6 Å². The quantitative estimate of drug-likeness (QED) is 0.425. The van der Waals surface area contributed by atoms with Crippen molar-refractivity contribution in [1.82, 2.24) is 4.98 Å². The molecule has 0 amide bonds. The highest BCUT2D eigenvalue weighted by Crippen LogP contribution is 2.54. The molecule has 4 heterocycles. The van der Waals surface area contributed by atoms with Gasteiger partial charge >= 0.3 is 5.97 Å². The highest BCUT2D eigenvalue weighted by atomic mass is 35.5. The fourth-order valence-corrected chi connectivity index (χ4v) is 5.63. The molecule has 2 saturated heterocycles. The molecule has 0 unspecified atom stereocenters. The van der Waals surface area contributed by atoms with Crippen LogP contribution in [0, 0.1) is 30.6 Å². The second kappa shape index (κ2) is 8.61. The summed E-state index contributed by atoms with van der Waals surface area (Å²) in [6.07, 6.45) is 2.63. The van der Waals surface area contributed by atoms with Crippen LogP contribution in [0.1, 0.15) is 71.6 Å². The van der Waals surface area contributed by atoms with Crippen molar-refractivity contribution in [3.8, 4) is 6.07 Å². The lowest BCUT2D eigenvalue weighted by Gasteiger charge is -2.49. The van der Waals surface area contributed by atoms with Crippen molar-refractivity contribution >= 4 is 34.2 Å². The number of nitrogens with zero attached hydrogens (tertiary/aromatic N) is 2. The van der Waals surface area contributed by atoms with Crippen LogP contribution in [0.2, 0.25) is 5.15 Å². The monoisotopic (exact) mass is 507 g/mol. The minimum Gasteiger partial charge on any atom is -0.476 e. The molecule has 1 aliphatic carbocycles. The lowest BCUT2D eigenvalue weighted by atomic mass is 9.65. The number of fused-ring (bicyclic) bond motifs is 4. The molecule has 0 spiro atoms. The topological polar surface area (TPSA) is 125 Å². The normalized spacial score (nSPS) is 23.9. The number of aromatic nitrogens is 1. The first-order valence-corrected chi connectivity index (χ1v) is 12.3. The number of ether oxygens (including phenoxy) is 1. The zero-order valence-corrected chi connectivity index (χ0v) is 21.0. The van der Waals surface area contributed by atoms with Crippen LogP contribution in [-0.4, -0.2) is 22.7 Å². The van der Waals surface area contributed by atoms with Crippen molar-refractivity contribution in [2.75, 3.05) is 11.9 Å². The summed E-state index contributed by atoms with van der Waals surface area (Å²) in [5.74, 6) is -0.687. The van der Waals surface area contributed by atoms with Crippen LogP contribution < -0.4 is 10.7 Å². The van der Waals surface area contributed by atoms with Crippen LogP contribution in [0.3, 0.4) is 0 Å². The number of pyridine rings is 1. The number of aryl methyl sites for hydroxylation is 1. The minimum atomic E-state index is -1.20. The molecule has 0 radical (unpaired) electrons. The molecule has 3 aliphatic rings. The Morgan fingerprint density at radius 1 is 1.25 bits per heavy atom. The number of hydrogen-bond acceptors (Lipinski definition) is 7. The average molecular weight is 508 g/mol. The average Bonchev–Trinajstić information content (AvgIpc) is 2.88. The van der Waals surface area contributed by atoms with E-state index >= 15 is 0 Å². The Morgan fingerprint density at radius 2 is 1.97 bits per heavy atom. The number of nitriles is 1. The number of benzene rings is 1. The Hall–Kier alpha value is -3.41. The smallest absolute Gasteiger partial charge is 0.356 e. The van der Waals surface area contributed by atoms with Crippen LogP contribution in [0.25, 0.3) is 11.0 Å². The van der Waals surface area contributed by atoms with Gasteiger partial charge in [-0.3, -0.25) is 4.79 Å². The number of hydrogen-bond donors (Lipinski definition) is 2. The Kier molecular flexibility index (Phi) is 5.81. The van der Waals surface area contributed by atoms with Crippen molar-refractivity contribution in [1.29, 1.82) is 5.26 Å². The Labute approximate surface area is 212 Å². The molecule has 1 atom stereocenters. The second-order valence-electron chi connectivity index (χ2n) is 9.99. The summed E-state index contributed by atoms with van der Waals surface area (Å²) in [6.45, 7) is 5.86. The van der Waals surface area contributed by atoms with Gasteiger partial charge in [0.25, 0.3) is 0 Å². The third-order valence-corrected chi connectivity index (χ3v) is 7.80. The molecular formula is C27H26ClN3O5. The van der Waals surface area contributed by atoms with Gasteiger partial charge in [-0.05, 0) is 70.2 Å². The van der Waals surface area contributed by atoms with Gasteiger partial charge in [-0.15, -0.1) is 0 Å². The molecule has 2 aromatic heterocycles. The predicted molar refractivity (Wildman–Crippen MR) is 134 cm³/mol. The number of carboxylic acid groups (broad SMARTS) is 1. The summed E-state index contributed by atoms with van der Waals surface area (Å²) < 4.78 is 12.8. The van der Waals surface area contributed by atoms with E-state index < -0.39 is 23.0 Å². The van der Waals surface area contributed by atoms with Crippen LogP contribution in [0.4, 0.5) is 5.69 Å². The summed E-state index contributed by atoms with van der Waals surface area (Å²) in [5.41, 5.74) is 1.34. The predicted octanol–water partition coefficient (Wildman–Crippen LogP) is 5.64. The summed E-state index contributed by atoms with van der Waals surface area (Å²) in [6, 6.07) is 8.81. The first-order valence-electron chi connectivity index (χ1n) is 11.9. The Bertz CT molecular complexity index is 1480. The van der Waals surface area contributed by atoms with Crippen LogP contribution in [-0.2, 0) is 10.3 Å². The number of carbonyl (C=O) groups is 1. The van der Waals surface area contributed by atoms with Gasteiger partial charge in [-0.1, -0.05) is 17.7 Å². The van der Waals surface area contributed by atoms with E-state index in [1.807, 2.05) is 26.0 Å². The third-order valence-electron chi connectivity index (χ3n) is 7.58. The molecule has 8 nitrogen and oxygen atoms in total. The van der Waals surface area contributed by atoms with Crippen LogP contribution in [0.5, 0.6) is 0 Å². The lowest BCUT2D eigenvalue weighted by molar-refractivity contribution is -0.180. The van der Waals surface area contributed by atoms with E-state index in [1.54, 1.807) is 13.0 Å². The van der Waals surface area contributed by atoms with Gasteiger partial charge in [0.2, 0.25) is 0 Å². The van der Waals surface area contributed by atoms with Gasteiger partial charge in [-0.25, -0.2) is 9.78 Å². The van der Waals surface area contributed by atoms with E-state index in [9.17, 15) is 20.0 Å². The van der Waals surface area contributed by atoms with Crippen molar-refractivity contribution in [3.63, 3.8) is 0 Å². The van der Waals surface area contributed by atoms with Gasteiger partial charge in [0.1, 0.15) is 22.1 Å². The maximum atomic E-state index is 13.6. The highest BCUT2D eigenvalue weighted by Gasteiger charge is 2.53. The highest BCUT2D eigenvalue weighted by molar-refractivity contribution is 6.29. The molecule has 6 rings (SSSR count). The number of carboxylic acids is 1. The number of nitrogens with one attached hydrogen (secondary N) is 1. The maximum absolute atomic E-state index is 13.6. The lowest BCUT2D eigenvalue weighted by Crippen LogP contribution is -2.49. The van der Waals surface area contributed by atoms with Gasteiger partial charge in [-0.2, -0.15) is 5.26 Å². The molecule has 36 heavy (non-hydrogen) atoms. The molecule has 1 saturated carbocycles. The van der Waals surface area contributed by atoms with Gasteiger partial charge in [0, 0.05) is 11.1 Å². The molecule has 3 fully saturated rings. The van der Waals surface area contributed by atoms with Gasteiger partial charge < -0.3 is 19.6 Å². The van der Waals surface area contributed by atoms with E-state index in [0.29, 0.717) is 65.8 Å². The van der Waals surface area contributed by atoms with E-state index in [1.165, 1.54) is 6.07 Å². The number of aromatic carboxylic acids is 1. The largest absolute Gasteiger partial charge is 0.476 e. The van der Waals surface area contributed by atoms with Gasteiger partial charge in [0.15, 0.2) is 11.1 Å². The molecular weight excluding hydrogens is 482 g/mol. The number of halogens is 1. The molecule has 1 aromatic carbocycles. The van der Waals surface area contributed by atoms with Crippen molar-refractivity contribution < 1.29 is 19.1 Å². The molecule has 3 aromatic rings. The van der Waals surface area contributed by atoms with Crippen LogP contribution in [0.15, 0.2) is 33.5 Å². The van der Waals surface area contributed by atoms with E-state index in [0.717, 1.165) is 5.56 Å². The van der Waals surface area contributed by atoms with Crippen molar-refractivity contribution in [2.45, 2.75) is 58.1 Å². The first-order chi connectivity index (χ1) is 17.1. The molecule has 9 heteroatoms. The van der Waals surface area contributed by atoms with Crippen molar-refractivity contribution in [3.05, 3.63) is 67.8 Å². The Balaban J connectivity index is 1.62. The maximum Gasteiger partial charge on any atom is 0.356 e.